The van der Waals surface area contributed by atoms with Gasteiger partial charge in [0.15, 0.2) is 0 Å². The van der Waals surface area contributed by atoms with Crippen molar-refractivity contribution in [3.63, 3.8) is 0 Å². The Bertz CT molecular complexity index is 853. The van der Waals surface area contributed by atoms with Crippen molar-refractivity contribution in [3.05, 3.63) is 54.1 Å². The first kappa shape index (κ1) is 18.1. The van der Waals surface area contributed by atoms with E-state index in [1.807, 2.05) is 48.5 Å². The predicted molar refractivity (Wildman–Crippen MR) is 107 cm³/mol. The van der Waals surface area contributed by atoms with Gasteiger partial charge in [-0.2, -0.15) is 0 Å². The summed E-state index contributed by atoms with van der Waals surface area (Å²) in [5.41, 5.74) is 1.47. The number of benzene rings is 2. The second-order valence-corrected chi connectivity index (χ2v) is 8.28. The fraction of sp³-hybridized carbons (Fsp3) is 0.333. The minimum atomic E-state index is -0.0924. The molecule has 2 heterocycles. The van der Waals surface area contributed by atoms with Crippen LogP contribution >= 0.6 is 11.8 Å². The van der Waals surface area contributed by atoms with E-state index in [4.69, 9.17) is 0 Å². The van der Waals surface area contributed by atoms with Gasteiger partial charge >= 0.3 is 0 Å². The molecule has 3 N–H and O–H groups in total. The average molecular weight is 382 g/mol. The van der Waals surface area contributed by atoms with E-state index in [1.54, 1.807) is 11.8 Å². The Balaban J connectivity index is 1.40. The molecular formula is C21H23N3O2S. The molecule has 0 radical (unpaired) electrons. The Hall–Kier alpha value is -2.31. The van der Waals surface area contributed by atoms with Crippen LogP contribution in [0.3, 0.4) is 0 Å². The van der Waals surface area contributed by atoms with E-state index < -0.39 is 0 Å². The van der Waals surface area contributed by atoms with Gasteiger partial charge in [-0.15, -0.1) is 0 Å². The van der Waals surface area contributed by atoms with Crippen LogP contribution in [0.1, 0.15) is 36.5 Å². The van der Waals surface area contributed by atoms with Crippen LogP contribution in [0.2, 0.25) is 0 Å². The number of para-hydroxylation sites is 1. The minimum Gasteiger partial charge on any atom is -0.348 e. The number of hydrogen-bond donors (Lipinski definition) is 3. The highest BCUT2D eigenvalue weighted by Crippen LogP contribution is 2.33. The summed E-state index contributed by atoms with van der Waals surface area (Å²) < 4.78 is 0. The number of nitrogens with one attached hydrogen (secondary N) is 3. The summed E-state index contributed by atoms with van der Waals surface area (Å²) in [7, 11) is 0. The van der Waals surface area contributed by atoms with Gasteiger partial charge < -0.3 is 16.0 Å². The molecule has 0 aliphatic carbocycles. The number of hydrogen-bond acceptors (Lipinski definition) is 4. The maximum atomic E-state index is 12.5. The summed E-state index contributed by atoms with van der Waals surface area (Å²) in [6.45, 7) is 1.50. The summed E-state index contributed by atoms with van der Waals surface area (Å²) in [6, 6.07) is 16.6. The molecule has 27 heavy (non-hydrogen) atoms. The third-order valence-electron chi connectivity index (χ3n) is 5.16. The average Bonchev–Trinajstić information content (AvgIpc) is 3.26. The van der Waals surface area contributed by atoms with E-state index in [-0.39, 0.29) is 17.9 Å². The summed E-state index contributed by atoms with van der Waals surface area (Å²) in [4.78, 5) is 25.9. The molecule has 2 saturated heterocycles. The second-order valence-electron chi connectivity index (χ2n) is 7.17. The van der Waals surface area contributed by atoms with Crippen LogP contribution in [-0.4, -0.2) is 29.9 Å². The maximum absolute atomic E-state index is 12.5. The molecule has 5 nitrogen and oxygen atoms in total. The Morgan fingerprint density at radius 3 is 2.52 bits per heavy atom. The lowest BCUT2D eigenvalue weighted by Crippen LogP contribution is -2.42. The molecule has 2 aromatic carbocycles. The van der Waals surface area contributed by atoms with Gasteiger partial charge in [0.2, 0.25) is 5.91 Å². The number of carbonyl (C=O) groups is 2. The Labute approximate surface area is 163 Å². The molecular weight excluding hydrogens is 358 g/mol. The van der Waals surface area contributed by atoms with Crippen molar-refractivity contribution < 1.29 is 9.59 Å². The van der Waals surface area contributed by atoms with Crippen LogP contribution in [0.5, 0.6) is 0 Å². The molecule has 2 aliphatic heterocycles. The Kier molecular flexibility index (Phi) is 5.18. The van der Waals surface area contributed by atoms with Gasteiger partial charge in [-0.05, 0) is 55.7 Å². The summed E-state index contributed by atoms with van der Waals surface area (Å²) in [6.07, 6.45) is 3.41. The number of carbonyl (C=O) groups excluding carboxylic acids is 2. The molecule has 0 aromatic heterocycles. The molecule has 0 saturated carbocycles. The lowest BCUT2D eigenvalue weighted by molar-refractivity contribution is -0.114. The van der Waals surface area contributed by atoms with E-state index >= 15 is 0 Å². The van der Waals surface area contributed by atoms with Crippen LogP contribution < -0.4 is 16.0 Å². The van der Waals surface area contributed by atoms with Gasteiger partial charge in [0.05, 0.1) is 5.69 Å². The molecule has 0 spiro atoms. The van der Waals surface area contributed by atoms with Crippen molar-refractivity contribution in [1.82, 2.24) is 10.6 Å². The lowest BCUT2D eigenvalue weighted by Gasteiger charge is -2.21. The SMILES string of the molecule is CC(=O)Nc1ccccc1Sc1ccc(C(=O)NC2CC3CCC2N3)cc1. The predicted octanol–water partition coefficient (Wildman–Crippen LogP) is 3.42. The molecule has 2 fully saturated rings. The van der Waals surface area contributed by atoms with Crippen molar-refractivity contribution in [3.8, 4) is 0 Å². The number of amides is 2. The summed E-state index contributed by atoms with van der Waals surface area (Å²) in [5, 5.41) is 9.56. The monoisotopic (exact) mass is 381 g/mol. The highest BCUT2D eigenvalue weighted by molar-refractivity contribution is 7.99. The summed E-state index contributed by atoms with van der Waals surface area (Å²) in [5.74, 6) is -0.102. The minimum absolute atomic E-state index is 0.00968. The summed E-state index contributed by atoms with van der Waals surface area (Å²) >= 11 is 1.56. The van der Waals surface area contributed by atoms with Crippen molar-refractivity contribution in [1.29, 1.82) is 0 Å². The third-order valence-corrected chi connectivity index (χ3v) is 6.24. The van der Waals surface area contributed by atoms with Gasteiger partial charge in [-0.25, -0.2) is 0 Å². The van der Waals surface area contributed by atoms with E-state index in [2.05, 4.69) is 16.0 Å². The zero-order chi connectivity index (χ0) is 18.8. The molecule has 2 aliphatic rings. The largest absolute Gasteiger partial charge is 0.348 e. The van der Waals surface area contributed by atoms with Gasteiger partial charge in [0.1, 0.15) is 0 Å². The maximum Gasteiger partial charge on any atom is 0.251 e. The van der Waals surface area contributed by atoms with E-state index in [1.165, 1.54) is 13.3 Å². The zero-order valence-corrected chi connectivity index (χ0v) is 16.0. The van der Waals surface area contributed by atoms with Crippen LogP contribution in [0.15, 0.2) is 58.3 Å². The van der Waals surface area contributed by atoms with Gasteiger partial charge in [-0.1, -0.05) is 23.9 Å². The van der Waals surface area contributed by atoms with Crippen LogP contribution in [0, 0.1) is 0 Å². The number of fused-ring (bicyclic) bond motifs is 2. The van der Waals surface area contributed by atoms with E-state index in [9.17, 15) is 9.59 Å². The molecule has 4 rings (SSSR count). The third kappa shape index (κ3) is 4.17. The van der Waals surface area contributed by atoms with Crippen LogP contribution in [0.25, 0.3) is 0 Å². The fourth-order valence-corrected chi connectivity index (χ4v) is 4.79. The quantitative estimate of drug-likeness (QED) is 0.742. The molecule has 2 amide bonds. The van der Waals surface area contributed by atoms with Crippen LogP contribution in [0.4, 0.5) is 5.69 Å². The first-order valence-electron chi connectivity index (χ1n) is 9.30. The zero-order valence-electron chi connectivity index (χ0n) is 15.2. The van der Waals surface area contributed by atoms with Crippen molar-refractivity contribution in [2.45, 2.75) is 54.1 Å². The highest BCUT2D eigenvalue weighted by Gasteiger charge is 2.39. The van der Waals surface area contributed by atoms with Crippen molar-refractivity contribution in [2.24, 2.45) is 0 Å². The smallest absolute Gasteiger partial charge is 0.251 e. The lowest BCUT2D eigenvalue weighted by atomic mass is 9.95. The standard InChI is InChI=1S/C21H23N3O2S/c1-13(25)22-18-4-2-3-5-20(18)27-16-9-6-14(7-10-16)21(26)24-19-12-15-8-11-17(19)23-15/h2-7,9-10,15,17,19,23H,8,11-12H2,1H3,(H,22,25)(H,24,26). The second kappa shape index (κ2) is 7.74. The van der Waals surface area contributed by atoms with Gasteiger partial charge in [-0.3, -0.25) is 9.59 Å². The van der Waals surface area contributed by atoms with Gasteiger partial charge in [0.25, 0.3) is 5.91 Å². The van der Waals surface area contributed by atoms with Crippen molar-refractivity contribution in [2.75, 3.05) is 5.32 Å². The number of rotatable bonds is 5. The first-order valence-corrected chi connectivity index (χ1v) is 10.1. The van der Waals surface area contributed by atoms with E-state index in [0.29, 0.717) is 17.6 Å². The fourth-order valence-electron chi connectivity index (χ4n) is 3.89. The number of anilines is 1. The Morgan fingerprint density at radius 2 is 1.85 bits per heavy atom. The van der Waals surface area contributed by atoms with Crippen LogP contribution in [-0.2, 0) is 4.79 Å². The molecule has 6 heteroatoms. The molecule has 140 valence electrons. The molecule has 3 atom stereocenters. The normalized spacial score (nSPS) is 23.2. The molecule has 2 bridgehead atoms. The highest BCUT2D eigenvalue weighted by atomic mass is 32.2. The Morgan fingerprint density at radius 1 is 1.07 bits per heavy atom. The molecule has 2 aromatic rings. The van der Waals surface area contributed by atoms with E-state index in [0.717, 1.165) is 28.3 Å². The topological polar surface area (TPSA) is 70.2 Å². The van der Waals surface area contributed by atoms with Crippen molar-refractivity contribution >= 4 is 29.3 Å². The molecule has 3 unspecified atom stereocenters. The van der Waals surface area contributed by atoms with Gasteiger partial charge in [0, 0.05) is 40.4 Å². The first-order chi connectivity index (χ1) is 13.1.